The van der Waals surface area contributed by atoms with Crippen LogP contribution in [0.5, 0.6) is 5.75 Å². The fourth-order valence-corrected chi connectivity index (χ4v) is 3.27. The number of ether oxygens (including phenoxy) is 1. The Hall–Kier alpha value is -2.47. The van der Waals surface area contributed by atoms with Crippen molar-refractivity contribution in [3.05, 3.63) is 70.3 Å². The quantitative estimate of drug-likeness (QED) is 0.698. The Kier molecular flexibility index (Phi) is 6.29. The van der Waals surface area contributed by atoms with Gasteiger partial charge in [-0.2, -0.15) is 13.2 Å². The van der Waals surface area contributed by atoms with Crippen LogP contribution in [-0.2, 0) is 17.4 Å². The van der Waals surface area contributed by atoms with Crippen LogP contribution in [0.2, 0.25) is 5.02 Å². The molecule has 0 saturated carbocycles. The van der Waals surface area contributed by atoms with Gasteiger partial charge in [0.1, 0.15) is 5.75 Å². The standard InChI is InChI=1S/C21H19ClF3NO2/c22-18-6-2-1-4-14(18)9-10-26-20(27)12-15-5-3-11-28-19-13-16(21(23,24)25)7-8-17(15)19/h1-2,4,6-8,12-13H,3,5,9-11H2,(H,26,27). The molecule has 1 N–H and O–H groups in total. The molecule has 3 rings (SSSR count). The zero-order valence-electron chi connectivity index (χ0n) is 15.0. The van der Waals surface area contributed by atoms with Gasteiger partial charge in [-0.15, -0.1) is 0 Å². The van der Waals surface area contributed by atoms with Crippen LogP contribution in [-0.4, -0.2) is 19.1 Å². The summed E-state index contributed by atoms with van der Waals surface area (Å²) in [6.07, 6.45) is -1.24. The molecule has 0 aliphatic carbocycles. The minimum Gasteiger partial charge on any atom is -0.493 e. The van der Waals surface area contributed by atoms with Crippen LogP contribution in [0.1, 0.15) is 29.5 Å². The van der Waals surface area contributed by atoms with Crippen molar-refractivity contribution < 1.29 is 22.7 Å². The van der Waals surface area contributed by atoms with E-state index in [9.17, 15) is 18.0 Å². The Balaban J connectivity index is 1.71. The number of benzene rings is 2. The highest BCUT2D eigenvalue weighted by Crippen LogP contribution is 2.37. The van der Waals surface area contributed by atoms with Gasteiger partial charge in [-0.3, -0.25) is 4.79 Å². The smallest absolute Gasteiger partial charge is 0.416 e. The van der Waals surface area contributed by atoms with Gasteiger partial charge in [-0.1, -0.05) is 35.9 Å². The summed E-state index contributed by atoms with van der Waals surface area (Å²) in [7, 11) is 0. The molecular weight excluding hydrogens is 391 g/mol. The summed E-state index contributed by atoms with van der Waals surface area (Å²) in [5.41, 5.74) is 1.35. The molecule has 0 spiro atoms. The molecule has 0 saturated heterocycles. The maximum atomic E-state index is 12.9. The van der Waals surface area contributed by atoms with E-state index in [0.29, 0.717) is 48.6 Å². The number of allylic oxidation sites excluding steroid dienone is 1. The molecule has 2 aromatic rings. The number of halogens is 4. The van der Waals surface area contributed by atoms with Crippen LogP contribution in [0, 0.1) is 0 Å². The summed E-state index contributed by atoms with van der Waals surface area (Å²) < 4.78 is 44.3. The molecule has 0 unspecified atom stereocenters. The maximum absolute atomic E-state index is 12.9. The van der Waals surface area contributed by atoms with Crippen LogP contribution in [0.3, 0.4) is 0 Å². The minimum atomic E-state index is -4.44. The molecule has 1 heterocycles. The van der Waals surface area contributed by atoms with E-state index in [1.807, 2.05) is 18.2 Å². The van der Waals surface area contributed by atoms with E-state index < -0.39 is 11.7 Å². The van der Waals surface area contributed by atoms with Crippen molar-refractivity contribution in [3.8, 4) is 5.75 Å². The SMILES string of the molecule is O=C(C=C1CCCOc2cc(C(F)(F)F)ccc21)NCCc1ccccc1Cl. The molecule has 0 aromatic heterocycles. The summed E-state index contributed by atoms with van der Waals surface area (Å²) >= 11 is 6.10. The van der Waals surface area contributed by atoms with Crippen LogP contribution in [0.4, 0.5) is 13.2 Å². The molecule has 3 nitrogen and oxygen atoms in total. The lowest BCUT2D eigenvalue weighted by molar-refractivity contribution is -0.137. The fourth-order valence-electron chi connectivity index (χ4n) is 3.04. The van der Waals surface area contributed by atoms with E-state index in [1.54, 1.807) is 6.07 Å². The summed E-state index contributed by atoms with van der Waals surface area (Å²) in [4.78, 5) is 12.3. The second kappa shape index (κ2) is 8.69. The van der Waals surface area contributed by atoms with Crippen molar-refractivity contribution in [3.63, 3.8) is 0 Å². The molecule has 28 heavy (non-hydrogen) atoms. The minimum absolute atomic E-state index is 0.155. The van der Waals surface area contributed by atoms with Gasteiger partial charge >= 0.3 is 6.18 Å². The Bertz CT molecular complexity index is 893. The van der Waals surface area contributed by atoms with Crippen molar-refractivity contribution in [2.45, 2.75) is 25.4 Å². The summed E-state index contributed by atoms with van der Waals surface area (Å²) in [6.45, 7) is 0.711. The zero-order chi connectivity index (χ0) is 20.1. The predicted molar refractivity (Wildman–Crippen MR) is 102 cm³/mol. The van der Waals surface area contributed by atoms with E-state index >= 15 is 0 Å². The van der Waals surface area contributed by atoms with Crippen molar-refractivity contribution >= 4 is 23.1 Å². The lowest BCUT2D eigenvalue weighted by atomic mass is 9.99. The summed E-state index contributed by atoms with van der Waals surface area (Å²) in [5.74, 6) is -0.141. The molecule has 0 fully saturated rings. The number of hydrogen-bond acceptors (Lipinski definition) is 2. The molecule has 1 amide bonds. The van der Waals surface area contributed by atoms with Crippen molar-refractivity contribution in [1.82, 2.24) is 5.32 Å². The third-order valence-corrected chi connectivity index (χ3v) is 4.83. The number of carbonyl (C=O) groups is 1. The number of carbonyl (C=O) groups excluding carboxylic acids is 1. The first-order valence-corrected chi connectivity index (χ1v) is 9.28. The van der Waals surface area contributed by atoms with Crippen LogP contribution < -0.4 is 10.1 Å². The van der Waals surface area contributed by atoms with E-state index in [2.05, 4.69) is 5.32 Å². The Morgan fingerprint density at radius 3 is 2.75 bits per heavy atom. The Labute approximate surface area is 166 Å². The van der Waals surface area contributed by atoms with E-state index in [-0.39, 0.29) is 11.7 Å². The van der Waals surface area contributed by atoms with Crippen molar-refractivity contribution in [2.24, 2.45) is 0 Å². The van der Waals surface area contributed by atoms with Crippen molar-refractivity contribution in [1.29, 1.82) is 0 Å². The molecule has 2 aromatic carbocycles. The number of nitrogens with one attached hydrogen (secondary N) is 1. The van der Waals surface area contributed by atoms with Gasteiger partial charge in [0.15, 0.2) is 0 Å². The lowest BCUT2D eigenvalue weighted by Gasteiger charge is -2.13. The van der Waals surface area contributed by atoms with E-state index in [0.717, 1.165) is 17.7 Å². The third-order valence-electron chi connectivity index (χ3n) is 4.46. The fraction of sp³-hybridized carbons (Fsp3) is 0.286. The second-order valence-corrected chi connectivity index (χ2v) is 6.87. The van der Waals surface area contributed by atoms with E-state index in [1.165, 1.54) is 12.1 Å². The first kappa shape index (κ1) is 20.3. The molecule has 0 atom stereocenters. The monoisotopic (exact) mass is 409 g/mol. The number of amides is 1. The Morgan fingerprint density at radius 1 is 1.21 bits per heavy atom. The molecule has 0 bridgehead atoms. The number of fused-ring (bicyclic) bond motifs is 1. The molecular formula is C21H19ClF3NO2. The van der Waals surface area contributed by atoms with Gasteiger partial charge in [0.2, 0.25) is 5.91 Å². The van der Waals surface area contributed by atoms with Crippen LogP contribution >= 0.6 is 11.6 Å². The highest BCUT2D eigenvalue weighted by atomic mass is 35.5. The van der Waals surface area contributed by atoms with Gasteiger partial charge in [0, 0.05) is 23.2 Å². The third kappa shape index (κ3) is 5.07. The zero-order valence-corrected chi connectivity index (χ0v) is 15.7. The molecule has 0 radical (unpaired) electrons. The highest BCUT2D eigenvalue weighted by Gasteiger charge is 2.32. The topological polar surface area (TPSA) is 38.3 Å². The predicted octanol–water partition coefficient (Wildman–Crippen LogP) is 5.27. The van der Waals surface area contributed by atoms with Crippen LogP contribution in [0.15, 0.2) is 48.5 Å². The maximum Gasteiger partial charge on any atom is 0.416 e. The average Bonchev–Trinajstić information content (AvgIpc) is 2.84. The normalized spacial score (nSPS) is 15.5. The van der Waals surface area contributed by atoms with Gasteiger partial charge in [0.25, 0.3) is 0 Å². The van der Waals surface area contributed by atoms with E-state index in [4.69, 9.17) is 16.3 Å². The lowest BCUT2D eigenvalue weighted by Crippen LogP contribution is -2.24. The summed E-state index contributed by atoms with van der Waals surface area (Å²) in [6, 6.07) is 10.8. The number of alkyl halides is 3. The molecule has 7 heteroatoms. The first-order chi connectivity index (χ1) is 13.3. The van der Waals surface area contributed by atoms with Gasteiger partial charge in [-0.25, -0.2) is 0 Å². The van der Waals surface area contributed by atoms with Gasteiger partial charge < -0.3 is 10.1 Å². The van der Waals surface area contributed by atoms with Crippen LogP contribution in [0.25, 0.3) is 5.57 Å². The molecule has 148 valence electrons. The number of hydrogen-bond donors (Lipinski definition) is 1. The second-order valence-electron chi connectivity index (χ2n) is 6.46. The highest BCUT2D eigenvalue weighted by molar-refractivity contribution is 6.31. The number of rotatable bonds is 4. The van der Waals surface area contributed by atoms with Crippen molar-refractivity contribution in [2.75, 3.05) is 13.2 Å². The molecule has 1 aliphatic rings. The molecule has 1 aliphatic heterocycles. The Morgan fingerprint density at radius 2 is 2.00 bits per heavy atom. The largest absolute Gasteiger partial charge is 0.493 e. The summed E-state index contributed by atoms with van der Waals surface area (Å²) in [5, 5.41) is 3.44. The average molecular weight is 410 g/mol. The van der Waals surface area contributed by atoms with Gasteiger partial charge in [0.05, 0.1) is 12.2 Å². The van der Waals surface area contributed by atoms with Gasteiger partial charge in [-0.05, 0) is 48.6 Å². The first-order valence-electron chi connectivity index (χ1n) is 8.91.